The van der Waals surface area contributed by atoms with E-state index in [1.165, 1.54) is 12.3 Å². The maximum absolute atomic E-state index is 14.2. The van der Waals surface area contributed by atoms with Crippen LogP contribution in [0.1, 0.15) is 18.7 Å². The number of aromatic amines is 1. The Morgan fingerprint density at radius 2 is 2.32 bits per heavy atom. The fourth-order valence-electron chi connectivity index (χ4n) is 2.41. The number of aromatic nitrogens is 4. The van der Waals surface area contributed by atoms with E-state index in [2.05, 4.69) is 25.9 Å². The molecular formula is C16H17FN6O2. The SMILES string of the molecule is N#CC(=CNc1ccc(OCC2CCOCC2)c(F)c1)c1nn[nH]n1. The lowest BCUT2D eigenvalue weighted by molar-refractivity contribution is 0.0492. The molecule has 0 bridgehead atoms. The van der Waals surface area contributed by atoms with E-state index in [9.17, 15) is 4.39 Å². The Morgan fingerprint density at radius 3 is 3.00 bits per heavy atom. The zero-order valence-corrected chi connectivity index (χ0v) is 13.4. The number of H-pyrrole nitrogens is 1. The summed E-state index contributed by atoms with van der Waals surface area (Å²) in [6, 6.07) is 6.48. The topological polar surface area (TPSA) is 109 Å². The molecule has 1 aromatic carbocycles. The number of nitriles is 1. The molecule has 0 amide bonds. The third-order valence-electron chi connectivity index (χ3n) is 3.84. The summed E-state index contributed by atoms with van der Waals surface area (Å²) in [6.45, 7) is 1.93. The van der Waals surface area contributed by atoms with Gasteiger partial charge >= 0.3 is 0 Å². The number of hydrogen-bond donors (Lipinski definition) is 2. The van der Waals surface area contributed by atoms with E-state index in [1.807, 2.05) is 6.07 Å². The van der Waals surface area contributed by atoms with E-state index in [0.717, 1.165) is 26.1 Å². The van der Waals surface area contributed by atoms with Crippen molar-refractivity contribution in [3.63, 3.8) is 0 Å². The number of ether oxygens (including phenoxy) is 2. The Balaban J connectivity index is 1.60. The van der Waals surface area contributed by atoms with Gasteiger partial charge < -0.3 is 14.8 Å². The van der Waals surface area contributed by atoms with Gasteiger partial charge in [0.1, 0.15) is 11.6 Å². The molecule has 0 spiro atoms. The van der Waals surface area contributed by atoms with Crippen molar-refractivity contribution in [2.75, 3.05) is 25.1 Å². The van der Waals surface area contributed by atoms with Crippen LogP contribution in [0, 0.1) is 23.1 Å². The maximum Gasteiger partial charge on any atom is 0.216 e. The van der Waals surface area contributed by atoms with Crippen LogP contribution in [0.4, 0.5) is 10.1 Å². The van der Waals surface area contributed by atoms with E-state index in [-0.39, 0.29) is 17.1 Å². The number of nitrogens with one attached hydrogen (secondary N) is 2. The van der Waals surface area contributed by atoms with Crippen LogP contribution in [-0.2, 0) is 4.74 Å². The molecular weight excluding hydrogens is 327 g/mol. The minimum absolute atomic E-state index is 0.159. The Kier molecular flexibility index (Phi) is 5.53. The Labute approximate surface area is 143 Å². The van der Waals surface area contributed by atoms with Crippen LogP contribution < -0.4 is 10.1 Å². The monoisotopic (exact) mass is 344 g/mol. The van der Waals surface area contributed by atoms with E-state index >= 15 is 0 Å². The first-order valence-corrected chi connectivity index (χ1v) is 7.87. The van der Waals surface area contributed by atoms with Crippen molar-refractivity contribution in [1.29, 1.82) is 5.26 Å². The Bertz CT molecular complexity index is 765. The molecule has 8 nitrogen and oxygen atoms in total. The molecule has 130 valence electrons. The number of hydrogen-bond acceptors (Lipinski definition) is 7. The molecule has 1 fully saturated rings. The lowest BCUT2D eigenvalue weighted by Crippen LogP contribution is -2.21. The van der Waals surface area contributed by atoms with Crippen LogP contribution in [0.3, 0.4) is 0 Å². The average Bonchev–Trinajstić information content (AvgIpc) is 3.17. The number of nitrogens with zero attached hydrogens (tertiary/aromatic N) is 4. The first kappa shape index (κ1) is 16.9. The molecule has 0 unspecified atom stereocenters. The molecule has 2 N–H and O–H groups in total. The van der Waals surface area contributed by atoms with Crippen LogP contribution in [0.5, 0.6) is 5.75 Å². The largest absolute Gasteiger partial charge is 0.490 e. The highest BCUT2D eigenvalue weighted by molar-refractivity contribution is 5.74. The molecule has 0 atom stereocenters. The Morgan fingerprint density at radius 1 is 1.48 bits per heavy atom. The predicted molar refractivity (Wildman–Crippen MR) is 86.8 cm³/mol. The minimum Gasteiger partial charge on any atom is -0.490 e. The van der Waals surface area contributed by atoms with E-state index in [4.69, 9.17) is 14.7 Å². The lowest BCUT2D eigenvalue weighted by Gasteiger charge is -2.22. The molecule has 0 radical (unpaired) electrons. The highest BCUT2D eigenvalue weighted by Gasteiger charge is 2.15. The van der Waals surface area contributed by atoms with Crippen LogP contribution in [0.2, 0.25) is 0 Å². The standard InChI is InChI=1S/C16H17FN6O2/c17-14-7-13(19-9-12(8-18)16-20-22-23-21-16)1-2-15(14)25-10-11-3-5-24-6-4-11/h1-2,7,9,11,19H,3-6,10H2,(H,20,21,22,23). The zero-order chi connectivity index (χ0) is 17.5. The Hall–Kier alpha value is -2.99. The molecule has 1 aliphatic rings. The summed E-state index contributed by atoms with van der Waals surface area (Å²) in [4.78, 5) is 0. The molecule has 2 heterocycles. The van der Waals surface area contributed by atoms with Gasteiger partial charge in [0, 0.05) is 31.2 Å². The second kappa shape index (κ2) is 8.21. The number of rotatable bonds is 6. The second-order valence-electron chi connectivity index (χ2n) is 5.56. The van der Waals surface area contributed by atoms with Gasteiger partial charge in [0.15, 0.2) is 11.6 Å². The zero-order valence-electron chi connectivity index (χ0n) is 13.4. The molecule has 1 saturated heterocycles. The molecule has 0 saturated carbocycles. The van der Waals surface area contributed by atoms with Gasteiger partial charge in [0.05, 0.1) is 6.61 Å². The smallest absolute Gasteiger partial charge is 0.216 e. The van der Waals surface area contributed by atoms with Gasteiger partial charge in [-0.3, -0.25) is 0 Å². The number of halogens is 1. The van der Waals surface area contributed by atoms with Gasteiger partial charge in [-0.05, 0) is 36.1 Å². The van der Waals surface area contributed by atoms with Crippen LogP contribution in [0.15, 0.2) is 24.4 Å². The van der Waals surface area contributed by atoms with Gasteiger partial charge in [-0.1, -0.05) is 0 Å². The molecule has 2 aromatic rings. The van der Waals surface area contributed by atoms with Crippen molar-refractivity contribution in [2.45, 2.75) is 12.8 Å². The van der Waals surface area contributed by atoms with Crippen molar-refractivity contribution in [3.05, 3.63) is 36.0 Å². The molecule has 0 aliphatic carbocycles. The van der Waals surface area contributed by atoms with Gasteiger partial charge in [0.25, 0.3) is 0 Å². The predicted octanol–water partition coefficient (Wildman–Crippen LogP) is 2.12. The van der Waals surface area contributed by atoms with Crippen LogP contribution in [-0.4, -0.2) is 40.4 Å². The summed E-state index contributed by atoms with van der Waals surface area (Å²) in [5, 5.41) is 25.0. The summed E-state index contributed by atoms with van der Waals surface area (Å²) in [6.07, 6.45) is 3.25. The summed E-state index contributed by atoms with van der Waals surface area (Å²) >= 11 is 0. The highest BCUT2D eigenvalue weighted by atomic mass is 19.1. The summed E-state index contributed by atoms with van der Waals surface area (Å²) in [5.41, 5.74) is 0.654. The third kappa shape index (κ3) is 4.51. The number of benzene rings is 1. The summed E-state index contributed by atoms with van der Waals surface area (Å²) in [5.74, 6) is 0.289. The summed E-state index contributed by atoms with van der Waals surface area (Å²) < 4.78 is 25.0. The average molecular weight is 344 g/mol. The van der Waals surface area contributed by atoms with Crippen molar-refractivity contribution in [2.24, 2.45) is 5.92 Å². The van der Waals surface area contributed by atoms with E-state index in [0.29, 0.717) is 18.2 Å². The van der Waals surface area contributed by atoms with Crippen molar-refractivity contribution < 1.29 is 13.9 Å². The van der Waals surface area contributed by atoms with Gasteiger partial charge in [-0.15, -0.1) is 10.2 Å². The number of allylic oxidation sites excluding steroid dienone is 1. The molecule has 3 rings (SSSR count). The molecule has 25 heavy (non-hydrogen) atoms. The van der Waals surface area contributed by atoms with Crippen molar-refractivity contribution >= 4 is 11.3 Å². The molecule has 1 aliphatic heterocycles. The third-order valence-corrected chi connectivity index (χ3v) is 3.84. The highest BCUT2D eigenvalue weighted by Crippen LogP contribution is 2.24. The first-order valence-electron chi connectivity index (χ1n) is 7.87. The maximum atomic E-state index is 14.2. The van der Waals surface area contributed by atoms with E-state index in [1.54, 1.807) is 12.1 Å². The fourth-order valence-corrected chi connectivity index (χ4v) is 2.41. The second-order valence-corrected chi connectivity index (χ2v) is 5.56. The number of tetrazole rings is 1. The van der Waals surface area contributed by atoms with Crippen molar-refractivity contribution in [1.82, 2.24) is 20.6 Å². The fraction of sp³-hybridized carbons (Fsp3) is 0.375. The normalized spacial score (nSPS) is 15.6. The van der Waals surface area contributed by atoms with Crippen LogP contribution >= 0.6 is 0 Å². The quantitative estimate of drug-likeness (QED) is 0.773. The van der Waals surface area contributed by atoms with Crippen LogP contribution in [0.25, 0.3) is 5.57 Å². The van der Waals surface area contributed by atoms with Gasteiger partial charge in [0.2, 0.25) is 5.82 Å². The minimum atomic E-state index is -0.469. The molecule has 9 heteroatoms. The van der Waals surface area contributed by atoms with Gasteiger partial charge in [-0.25, -0.2) is 4.39 Å². The van der Waals surface area contributed by atoms with Crippen molar-refractivity contribution in [3.8, 4) is 11.8 Å². The van der Waals surface area contributed by atoms with E-state index < -0.39 is 5.82 Å². The number of anilines is 1. The summed E-state index contributed by atoms with van der Waals surface area (Å²) in [7, 11) is 0. The van der Waals surface area contributed by atoms with Gasteiger partial charge in [-0.2, -0.15) is 10.5 Å². The lowest BCUT2D eigenvalue weighted by atomic mass is 10.0. The molecule has 1 aromatic heterocycles. The first-order chi connectivity index (χ1) is 12.3.